The zero-order valence-corrected chi connectivity index (χ0v) is 13.6. The molecule has 0 aromatic heterocycles. The van der Waals surface area contributed by atoms with Gasteiger partial charge in [0.2, 0.25) is 0 Å². The molecule has 2 rings (SSSR count). The van der Waals surface area contributed by atoms with E-state index in [0.717, 1.165) is 31.6 Å². The van der Waals surface area contributed by atoms with Crippen LogP contribution in [0.1, 0.15) is 58.4 Å². The smallest absolute Gasteiger partial charge is 0.146 e. The van der Waals surface area contributed by atoms with Crippen LogP contribution in [0.25, 0.3) is 0 Å². The van der Waals surface area contributed by atoms with E-state index < -0.39 is 0 Å². The molecule has 1 fully saturated rings. The van der Waals surface area contributed by atoms with Crippen LogP contribution in [-0.2, 0) is 0 Å². The molecule has 0 heterocycles. The normalized spacial score (nSPS) is 23.1. The van der Waals surface area contributed by atoms with E-state index in [9.17, 15) is 8.78 Å². The van der Waals surface area contributed by atoms with Crippen molar-refractivity contribution < 1.29 is 8.78 Å². The lowest BCUT2D eigenvalue weighted by Gasteiger charge is -2.39. The molecule has 0 atom stereocenters. The second-order valence-electron chi connectivity index (χ2n) is 7.12. The van der Waals surface area contributed by atoms with Gasteiger partial charge in [0.1, 0.15) is 11.6 Å². The molecular weight excluding hydrogens is 268 g/mol. The molecule has 0 amide bonds. The molecule has 0 unspecified atom stereocenters. The van der Waals surface area contributed by atoms with Crippen molar-refractivity contribution in [1.29, 1.82) is 0 Å². The van der Waals surface area contributed by atoms with Crippen LogP contribution in [0.15, 0.2) is 12.1 Å². The van der Waals surface area contributed by atoms with E-state index in [-0.39, 0.29) is 17.7 Å². The Kier molecular flexibility index (Phi) is 4.90. The van der Waals surface area contributed by atoms with Crippen LogP contribution in [-0.4, -0.2) is 6.04 Å². The highest BCUT2D eigenvalue weighted by molar-refractivity contribution is 5.47. The van der Waals surface area contributed by atoms with Crippen LogP contribution in [0.3, 0.4) is 0 Å². The van der Waals surface area contributed by atoms with Gasteiger partial charge in [0.25, 0.3) is 0 Å². The fourth-order valence-corrected chi connectivity index (χ4v) is 3.28. The van der Waals surface area contributed by atoms with E-state index in [1.807, 2.05) is 0 Å². The molecule has 1 aromatic rings. The van der Waals surface area contributed by atoms with Gasteiger partial charge >= 0.3 is 0 Å². The lowest BCUT2D eigenvalue weighted by atomic mass is 9.69. The first-order valence-electron chi connectivity index (χ1n) is 8.05. The molecule has 1 aliphatic carbocycles. The van der Waals surface area contributed by atoms with Crippen molar-refractivity contribution >= 4 is 5.69 Å². The SMILES string of the molecule is CCC(C)(C)C1CCC(Nc2cc(F)c(C)cc2F)CC1. The zero-order chi connectivity index (χ0) is 15.6. The van der Waals surface area contributed by atoms with E-state index in [0.29, 0.717) is 16.7 Å². The summed E-state index contributed by atoms with van der Waals surface area (Å²) in [6.07, 6.45) is 5.57. The Morgan fingerprint density at radius 1 is 1.10 bits per heavy atom. The van der Waals surface area contributed by atoms with Crippen LogP contribution >= 0.6 is 0 Å². The van der Waals surface area contributed by atoms with Crippen molar-refractivity contribution in [3.63, 3.8) is 0 Å². The van der Waals surface area contributed by atoms with Gasteiger partial charge in [0.15, 0.2) is 0 Å². The first kappa shape index (κ1) is 16.3. The van der Waals surface area contributed by atoms with Crippen molar-refractivity contribution in [2.24, 2.45) is 11.3 Å². The standard InChI is InChI=1S/C18H27F2N/c1-5-18(3,4)13-6-8-14(9-7-13)21-17-11-15(19)12(2)10-16(17)20/h10-11,13-14,21H,5-9H2,1-4H3. The van der Waals surface area contributed by atoms with Crippen molar-refractivity contribution in [2.75, 3.05) is 5.32 Å². The average molecular weight is 295 g/mol. The third-order valence-corrected chi connectivity index (χ3v) is 5.35. The Morgan fingerprint density at radius 2 is 1.71 bits per heavy atom. The first-order chi connectivity index (χ1) is 9.83. The Hall–Kier alpha value is -1.12. The van der Waals surface area contributed by atoms with E-state index in [1.54, 1.807) is 6.92 Å². The molecule has 21 heavy (non-hydrogen) atoms. The molecule has 118 valence electrons. The molecule has 0 bridgehead atoms. The summed E-state index contributed by atoms with van der Waals surface area (Å²) >= 11 is 0. The topological polar surface area (TPSA) is 12.0 Å². The summed E-state index contributed by atoms with van der Waals surface area (Å²) in [5.41, 5.74) is 1.04. The quantitative estimate of drug-likeness (QED) is 0.753. The van der Waals surface area contributed by atoms with E-state index >= 15 is 0 Å². The minimum absolute atomic E-state index is 0.255. The average Bonchev–Trinajstić information content (AvgIpc) is 2.45. The van der Waals surface area contributed by atoms with Gasteiger partial charge in [0, 0.05) is 12.1 Å². The number of halogens is 2. The molecule has 0 saturated heterocycles. The number of rotatable bonds is 4. The first-order valence-corrected chi connectivity index (χ1v) is 8.05. The lowest BCUT2D eigenvalue weighted by Crippen LogP contribution is -2.33. The van der Waals surface area contributed by atoms with Gasteiger partial charge in [-0.25, -0.2) is 8.78 Å². The zero-order valence-electron chi connectivity index (χ0n) is 13.6. The fourth-order valence-electron chi connectivity index (χ4n) is 3.28. The third-order valence-electron chi connectivity index (χ3n) is 5.35. The van der Waals surface area contributed by atoms with E-state index in [1.165, 1.54) is 18.6 Å². The molecule has 0 spiro atoms. The number of aryl methyl sites for hydroxylation is 1. The molecule has 1 aliphatic rings. The highest BCUT2D eigenvalue weighted by Gasteiger charge is 2.31. The third kappa shape index (κ3) is 3.75. The summed E-state index contributed by atoms with van der Waals surface area (Å²) in [5.74, 6) is 0.0322. The van der Waals surface area contributed by atoms with E-state index in [4.69, 9.17) is 0 Å². The van der Waals surface area contributed by atoms with Crippen LogP contribution < -0.4 is 5.32 Å². The molecular formula is C18H27F2N. The van der Waals surface area contributed by atoms with Crippen molar-refractivity contribution in [3.05, 3.63) is 29.3 Å². The van der Waals surface area contributed by atoms with Gasteiger partial charge in [-0.1, -0.05) is 27.2 Å². The number of nitrogens with one attached hydrogen (secondary N) is 1. The fraction of sp³-hybridized carbons (Fsp3) is 0.667. The monoisotopic (exact) mass is 295 g/mol. The largest absolute Gasteiger partial charge is 0.380 e. The van der Waals surface area contributed by atoms with Gasteiger partial charge in [-0.15, -0.1) is 0 Å². The molecule has 0 aliphatic heterocycles. The Balaban J connectivity index is 1.97. The molecule has 1 N–H and O–H groups in total. The van der Waals surface area contributed by atoms with Gasteiger partial charge in [-0.2, -0.15) is 0 Å². The maximum atomic E-state index is 13.9. The molecule has 1 aromatic carbocycles. The number of hydrogen-bond donors (Lipinski definition) is 1. The summed E-state index contributed by atoms with van der Waals surface area (Å²) in [4.78, 5) is 0. The van der Waals surface area contributed by atoms with Gasteiger partial charge in [-0.3, -0.25) is 0 Å². The summed E-state index contributed by atoms with van der Waals surface area (Å²) in [7, 11) is 0. The number of benzene rings is 1. The maximum Gasteiger partial charge on any atom is 0.146 e. The predicted octanol–water partition coefficient (Wildman–Crippen LogP) is 5.68. The van der Waals surface area contributed by atoms with Crippen LogP contribution in [0, 0.1) is 29.9 Å². The molecule has 0 radical (unpaired) electrons. The highest BCUT2D eigenvalue weighted by Crippen LogP contribution is 2.41. The van der Waals surface area contributed by atoms with Gasteiger partial charge in [0.05, 0.1) is 5.69 Å². The lowest BCUT2D eigenvalue weighted by molar-refractivity contribution is 0.147. The van der Waals surface area contributed by atoms with Crippen molar-refractivity contribution in [3.8, 4) is 0 Å². The summed E-state index contributed by atoms with van der Waals surface area (Å²) in [5, 5.41) is 3.19. The van der Waals surface area contributed by atoms with Crippen molar-refractivity contribution in [2.45, 2.75) is 65.8 Å². The second-order valence-corrected chi connectivity index (χ2v) is 7.12. The van der Waals surface area contributed by atoms with Crippen LogP contribution in [0.4, 0.5) is 14.5 Å². The minimum atomic E-state index is -0.357. The number of hydrogen-bond acceptors (Lipinski definition) is 1. The Labute approximate surface area is 127 Å². The van der Waals surface area contributed by atoms with E-state index in [2.05, 4.69) is 26.1 Å². The predicted molar refractivity (Wildman–Crippen MR) is 84.5 cm³/mol. The van der Waals surface area contributed by atoms with Gasteiger partial charge in [-0.05, 0) is 55.6 Å². The number of anilines is 1. The summed E-state index contributed by atoms with van der Waals surface area (Å²) in [6, 6.07) is 2.81. The maximum absolute atomic E-state index is 13.9. The minimum Gasteiger partial charge on any atom is -0.380 e. The highest BCUT2D eigenvalue weighted by atomic mass is 19.1. The molecule has 3 heteroatoms. The molecule has 1 saturated carbocycles. The molecule has 1 nitrogen and oxygen atoms in total. The summed E-state index contributed by atoms with van der Waals surface area (Å²) < 4.78 is 27.4. The van der Waals surface area contributed by atoms with Gasteiger partial charge < -0.3 is 5.32 Å². The second kappa shape index (κ2) is 6.33. The Morgan fingerprint density at radius 3 is 2.29 bits per heavy atom. The van der Waals surface area contributed by atoms with Crippen molar-refractivity contribution in [1.82, 2.24) is 0 Å². The van der Waals surface area contributed by atoms with Crippen LogP contribution in [0.5, 0.6) is 0 Å². The van der Waals surface area contributed by atoms with Crippen LogP contribution in [0.2, 0.25) is 0 Å². The summed E-state index contributed by atoms with van der Waals surface area (Å²) in [6.45, 7) is 8.50. The Bertz CT molecular complexity index is 488.